The largest absolute Gasteiger partial charge is 0.355 e. The molecule has 1 atom stereocenters. The van der Waals surface area contributed by atoms with E-state index < -0.39 is 28.5 Å². The molecule has 31 heavy (non-hydrogen) atoms. The lowest BCUT2D eigenvalue weighted by Crippen LogP contribution is -2.52. The molecule has 0 spiro atoms. The first kappa shape index (κ1) is 24.9. The fourth-order valence-corrected chi connectivity index (χ4v) is 4.62. The monoisotopic (exact) mass is 509 g/mol. The second-order valence-electron chi connectivity index (χ2n) is 7.11. The van der Waals surface area contributed by atoms with Crippen LogP contribution < -0.4 is 9.62 Å². The van der Waals surface area contributed by atoms with Crippen LogP contribution in [0.25, 0.3) is 0 Å². The van der Waals surface area contributed by atoms with Gasteiger partial charge in [-0.3, -0.25) is 13.9 Å². The van der Waals surface area contributed by atoms with Crippen molar-refractivity contribution < 1.29 is 18.0 Å². The first-order valence-electron chi connectivity index (χ1n) is 9.98. The molecule has 0 saturated carbocycles. The number of hydrogen-bond acceptors (Lipinski definition) is 4. The first-order chi connectivity index (χ1) is 14.6. The van der Waals surface area contributed by atoms with Gasteiger partial charge in [0, 0.05) is 17.6 Å². The standard InChI is InChI=1S/C22H28BrN3O4S/c1-4-24-22(28)17(2)25(15-14-18-10-6-5-7-11-18)21(27)16-26(31(3,29)30)20-13-9-8-12-19(20)23/h5-13,17H,4,14-16H2,1-3H3,(H,24,28)/t17-/m0/s1. The fraction of sp³-hybridized carbons (Fsp3) is 0.364. The van der Waals surface area contributed by atoms with Gasteiger partial charge in [0.05, 0.1) is 11.9 Å². The molecule has 0 aliphatic heterocycles. The molecule has 9 heteroatoms. The van der Waals surface area contributed by atoms with Crippen LogP contribution in [0.2, 0.25) is 0 Å². The maximum atomic E-state index is 13.3. The van der Waals surface area contributed by atoms with Gasteiger partial charge in [-0.1, -0.05) is 42.5 Å². The topological polar surface area (TPSA) is 86.8 Å². The van der Waals surface area contributed by atoms with Crippen molar-refractivity contribution in [1.29, 1.82) is 0 Å². The van der Waals surface area contributed by atoms with Crippen LogP contribution in [-0.4, -0.2) is 57.1 Å². The minimum atomic E-state index is -3.74. The predicted molar refractivity (Wildman–Crippen MR) is 126 cm³/mol. The molecule has 2 amide bonds. The zero-order chi connectivity index (χ0) is 23.0. The van der Waals surface area contributed by atoms with Gasteiger partial charge < -0.3 is 10.2 Å². The summed E-state index contributed by atoms with van der Waals surface area (Å²) >= 11 is 3.36. The molecule has 0 aliphatic carbocycles. The third-order valence-electron chi connectivity index (χ3n) is 4.80. The van der Waals surface area contributed by atoms with Crippen LogP contribution in [-0.2, 0) is 26.0 Å². The molecule has 0 aliphatic rings. The van der Waals surface area contributed by atoms with Crippen LogP contribution in [0.3, 0.4) is 0 Å². The van der Waals surface area contributed by atoms with E-state index in [0.29, 0.717) is 23.1 Å². The number of sulfonamides is 1. The van der Waals surface area contributed by atoms with E-state index in [4.69, 9.17) is 0 Å². The first-order valence-corrected chi connectivity index (χ1v) is 12.6. The number of nitrogens with zero attached hydrogens (tertiary/aromatic N) is 2. The van der Waals surface area contributed by atoms with Crippen molar-refractivity contribution in [1.82, 2.24) is 10.2 Å². The van der Waals surface area contributed by atoms with E-state index in [1.54, 1.807) is 38.1 Å². The Morgan fingerprint density at radius 1 is 1.06 bits per heavy atom. The number of para-hydroxylation sites is 1. The molecule has 7 nitrogen and oxygen atoms in total. The van der Waals surface area contributed by atoms with Gasteiger partial charge in [0.2, 0.25) is 21.8 Å². The Labute approximate surface area is 192 Å². The van der Waals surface area contributed by atoms with Crippen LogP contribution in [0.15, 0.2) is 59.1 Å². The zero-order valence-corrected chi connectivity index (χ0v) is 20.3. The summed E-state index contributed by atoms with van der Waals surface area (Å²) in [7, 11) is -3.74. The minimum absolute atomic E-state index is 0.282. The SMILES string of the molecule is CCNC(=O)[C@H](C)N(CCc1ccccc1)C(=O)CN(c1ccccc1Br)S(C)(=O)=O. The van der Waals surface area contributed by atoms with Gasteiger partial charge in [-0.05, 0) is 53.9 Å². The molecule has 0 unspecified atom stereocenters. The lowest BCUT2D eigenvalue weighted by Gasteiger charge is -2.31. The van der Waals surface area contributed by atoms with Crippen molar-refractivity contribution in [2.24, 2.45) is 0 Å². The van der Waals surface area contributed by atoms with Crippen molar-refractivity contribution in [3.63, 3.8) is 0 Å². The average molecular weight is 510 g/mol. The number of carbonyl (C=O) groups is 2. The van der Waals surface area contributed by atoms with Gasteiger partial charge >= 0.3 is 0 Å². The van der Waals surface area contributed by atoms with Gasteiger partial charge in [0.1, 0.15) is 12.6 Å². The number of nitrogens with one attached hydrogen (secondary N) is 1. The third-order valence-corrected chi connectivity index (χ3v) is 6.60. The van der Waals surface area contributed by atoms with Gasteiger partial charge in [0.25, 0.3) is 0 Å². The predicted octanol–water partition coefficient (Wildman–Crippen LogP) is 2.81. The van der Waals surface area contributed by atoms with E-state index in [1.165, 1.54) is 4.90 Å². The highest BCUT2D eigenvalue weighted by Crippen LogP contribution is 2.27. The van der Waals surface area contributed by atoms with Crippen molar-refractivity contribution in [3.8, 4) is 0 Å². The molecular formula is C22H28BrN3O4S. The van der Waals surface area contributed by atoms with E-state index in [0.717, 1.165) is 16.1 Å². The summed E-state index contributed by atoms with van der Waals surface area (Å²) in [5, 5.41) is 2.73. The molecule has 0 heterocycles. The van der Waals surface area contributed by atoms with Crippen LogP contribution in [0.4, 0.5) is 5.69 Å². The van der Waals surface area contributed by atoms with Gasteiger partial charge in [-0.2, -0.15) is 0 Å². The van der Waals surface area contributed by atoms with E-state index in [1.807, 2.05) is 30.3 Å². The second kappa shape index (κ2) is 11.3. The highest BCUT2D eigenvalue weighted by atomic mass is 79.9. The summed E-state index contributed by atoms with van der Waals surface area (Å²) in [6, 6.07) is 15.7. The smallest absolute Gasteiger partial charge is 0.244 e. The Morgan fingerprint density at radius 3 is 2.26 bits per heavy atom. The Balaban J connectivity index is 2.30. The molecule has 0 saturated heterocycles. The molecular weight excluding hydrogens is 482 g/mol. The van der Waals surface area contributed by atoms with Crippen LogP contribution in [0, 0.1) is 0 Å². The van der Waals surface area contributed by atoms with E-state index in [9.17, 15) is 18.0 Å². The molecule has 2 aromatic carbocycles. The normalized spacial score (nSPS) is 12.1. The van der Waals surface area contributed by atoms with Crippen molar-refractivity contribution >= 4 is 43.5 Å². The number of benzene rings is 2. The van der Waals surface area contributed by atoms with Crippen molar-refractivity contribution in [2.45, 2.75) is 26.3 Å². The molecule has 168 valence electrons. The summed E-state index contributed by atoms with van der Waals surface area (Å²) in [6.45, 7) is 3.78. The average Bonchev–Trinajstić information content (AvgIpc) is 2.73. The van der Waals surface area contributed by atoms with E-state index >= 15 is 0 Å². The molecule has 0 radical (unpaired) electrons. The molecule has 0 aromatic heterocycles. The number of rotatable bonds is 10. The van der Waals surface area contributed by atoms with Gasteiger partial charge in [-0.15, -0.1) is 0 Å². The van der Waals surface area contributed by atoms with Gasteiger partial charge in [0.15, 0.2) is 0 Å². The quantitative estimate of drug-likeness (QED) is 0.533. The van der Waals surface area contributed by atoms with E-state index in [-0.39, 0.29) is 12.5 Å². The molecule has 0 bridgehead atoms. The van der Waals surface area contributed by atoms with Crippen molar-refractivity contribution in [2.75, 3.05) is 30.2 Å². The van der Waals surface area contributed by atoms with E-state index in [2.05, 4.69) is 21.2 Å². The Bertz CT molecular complexity index is 999. The van der Waals surface area contributed by atoms with Crippen LogP contribution in [0.1, 0.15) is 19.4 Å². The lowest BCUT2D eigenvalue weighted by atomic mass is 10.1. The summed E-state index contributed by atoms with van der Waals surface area (Å²) in [4.78, 5) is 27.2. The summed E-state index contributed by atoms with van der Waals surface area (Å²) in [6.07, 6.45) is 1.60. The maximum absolute atomic E-state index is 13.3. The summed E-state index contributed by atoms with van der Waals surface area (Å²) in [5.41, 5.74) is 1.39. The second-order valence-corrected chi connectivity index (χ2v) is 9.88. The number of halogens is 1. The minimum Gasteiger partial charge on any atom is -0.355 e. The molecule has 2 rings (SSSR count). The highest BCUT2D eigenvalue weighted by Gasteiger charge is 2.30. The molecule has 1 N–H and O–H groups in total. The van der Waals surface area contributed by atoms with Crippen LogP contribution in [0.5, 0.6) is 0 Å². The zero-order valence-electron chi connectivity index (χ0n) is 17.9. The Morgan fingerprint density at radius 2 is 1.68 bits per heavy atom. The Kier molecular flexibility index (Phi) is 9.06. The van der Waals surface area contributed by atoms with Crippen molar-refractivity contribution in [3.05, 3.63) is 64.6 Å². The highest BCUT2D eigenvalue weighted by molar-refractivity contribution is 9.10. The fourth-order valence-electron chi connectivity index (χ4n) is 3.14. The number of amides is 2. The lowest BCUT2D eigenvalue weighted by molar-refractivity contribution is -0.138. The van der Waals surface area contributed by atoms with Crippen LogP contribution >= 0.6 is 15.9 Å². The summed E-state index contributed by atoms with van der Waals surface area (Å²) < 4.78 is 26.6. The molecule has 0 fully saturated rings. The van der Waals surface area contributed by atoms with Gasteiger partial charge in [-0.25, -0.2) is 8.42 Å². The molecule has 2 aromatic rings. The number of carbonyl (C=O) groups excluding carboxylic acids is 2. The summed E-state index contributed by atoms with van der Waals surface area (Å²) in [5.74, 6) is -0.730. The number of hydrogen-bond donors (Lipinski definition) is 1. The number of anilines is 1. The third kappa shape index (κ3) is 7.07. The number of likely N-dealkylation sites (N-methyl/N-ethyl adjacent to an activating group) is 1. The maximum Gasteiger partial charge on any atom is 0.244 e. The Hall–Kier alpha value is -2.39.